The number of thiophene rings is 1. The second-order valence-corrected chi connectivity index (χ2v) is 4.26. The molecule has 5 heteroatoms. The Morgan fingerprint density at radius 1 is 1.29 bits per heavy atom. The minimum absolute atomic E-state index is 0.104. The Balaban J connectivity index is 2.43. The van der Waals surface area contributed by atoms with E-state index in [0.29, 0.717) is 11.1 Å². The number of carboxylic acids is 1. The summed E-state index contributed by atoms with van der Waals surface area (Å²) in [4.78, 5) is 11.0. The molecule has 0 fully saturated rings. The molecule has 0 aliphatic heterocycles. The van der Waals surface area contributed by atoms with E-state index in [9.17, 15) is 9.90 Å². The van der Waals surface area contributed by atoms with Crippen molar-refractivity contribution in [3.8, 4) is 22.9 Å². The molecule has 0 unspecified atom stereocenters. The van der Waals surface area contributed by atoms with Gasteiger partial charge in [-0.2, -0.15) is 5.26 Å². The molecule has 84 valence electrons. The van der Waals surface area contributed by atoms with Gasteiger partial charge >= 0.3 is 5.97 Å². The SMILES string of the molecule is N#Cc1ccc(-c2csc(C(=O)O)c2)cc1O. The molecular weight excluding hydrogens is 238 g/mol. The predicted molar refractivity (Wildman–Crippen MR) is 63.1 cm³/mol. The van der Waals surface area contributed by atoms with Crippen LogP contribution in [0.4, 0.5) is 0 Å². The topological polar surface area (TPSA) is 81.3 Å². The third-order valence-corrected chi connectivity index (χ3v) is 3.18. The first-order valence-electron chi connectivity index (χ1n) is 4.67. The van der Waals surface area contributed by atoms with Crippen LogP contribution in [0.3, 0.4) is 0 Å². The Kier molecular flexibility index (Phi) is 2.81. The van der Waals surface area contributed by atoms with Gasteiger partial charge in [-0.15, -0.1) is 11.3 Å². The van der Waals surface area contributed by atoms with Crippen molar-refractivity contribution in [2.45, 2.75) is 0 Å². The highest BCUT2D eigenvalue weighted by molar-refractivity contribution is 7.12. The highest BCUT2D eigenvalue weighted by atomic mass is 32.1. The number of nitrogens with zero attached hydrogens (tertiary/aromatic N) is 1. The number of hydrogen-bond acceptors (Lipinski definition) is 4. The van der Waals surface area contributed by atoms with Gasteiger partial charge in [-0.1, -0.05) is 6.07 Å². The predicted octanol–water partition coefficient (Wildman–Crippen LogP) is 2.69. The quantitative estimate of drug-likeness (QED) is 0.852. The summed E-state index contributed by atoms with van der Waals surface area (Å²) in [6, 6.07) is 8.02. The molecule has 0 spiro atoms. The van der Waals surface area contributed by atoms with E-state index in [1.54, 1.807) is 11.4 Å². The molecule has 0 bridgehead atoms. The molecule has 1 heterocycles. The lowest BCUT2D eigenvalue weighted by Gasteiger charge is -2.00. The van der Waals surface area contributed by atoms with Crippen molar-refractivity contribution in [3.63, 3.8) is 0 Å². The molecule has 0 radical (unpaired) electrons. The van der Waals surface area contributed by atoms with E-state index in [4.69, 9.17) is 10.4 Å². The molecule has 0 atom stereocenters. The Hall–Kier alpha value is -2.32. The van der Waals surface area contributed by atoms with Gasteiger partial charge in [-0.3, -0.25) is 0 Å². The van der Waals surface area contributed by atoms with E-state index in [0.717, 1.165) is 11.3 Å². The lowest BCUT2D eigenvalue weighted by molar-refractivity contribution is 0.0702. The Labute approximate surface area is 101 Å². The van der Waals surface area contributed by atoms with Crippen molar-refractivity contribution >= 4 is 17.3 Å². The Morgan fingerprint density at radius 2 is 2.06 bits per heavy atom. The van der Waals surface area contributed by atoms with Gasteiger partial charge in [-0.05, 0) is 34.7 Å². The van der Waals surface area contributed by atoms with Crippen molar-refractivity contribution in [1.82, 2.24) is 0 Å². The molecule has 4 nitrogen and oxygen atoms in total. The molecule has 0 saturated heterocycles. The molecule has 2 aromatic rings. The Bertz CT molecular complexity index is 625. The van der Waals surface area contributed by atoms with Gasteiger partial charge in [0.15, 0.2) is 0 Å². The summed E-state index contributed by atoms with van der Waals surface area (Å²) in [6.45, 7) is 0. The van der Waals surface area contributed by atoms with Crippen LogP contribution in [0, 0.1) is 11.3 Å². The van der Waals surface area contributed by atoms with Gasteiger partial charge in [-0.25, -0.2) is 4.79 Å². The molecule has 0 aliphatic rings. The average Bonchev–Trinajstić information content (AvgIpc) is 2.78. The van der Waals surface area contributed by atoms with E-state index in [2.05, 4.69) is 0 Å². The highest BCUT2D eigenvalue weighted by Crippen LogP contribution is 2.29. The first-order valence-corrected chi connectivity index (χ1v) is 5.55. The standard InChI is InChI=1S/C12H7NO3S/c13-5-8-2-1-7(3-10(8)14)9-4-11(12(15)16)17-6-9/h1-4,6,14H,(H,15,16). The number of rotatable bonds is 2. The first kappa shape index (κ1) is 11.2. The summed E-state index contributed by atoms with van der Waals surface area (Å²) in [6.07, 6.45) is 0. The molecule has 1 aromatic carbocycles. The molecular formula is C12H7NO3S. The van der Waals surface area contributed by atoms with Crippen LogP contribution in [0.25, 0.3) is 11.1 Å². The third-order valence-electron chi connectivity index (χ3n) is 2.26. The lowest BCUT2D eigenvalue weighted by atomic mass is 10.1. The van der Waals surface area contributed by atoms with Crippen molar-refractivity contribution < 1.29 is 15.0 Å². The monoisotopic (exact) mass is 245 g/mol. The van der Waals surface area contributed by atoms with E-state index in [1.807, 2.05) is 6.07 Å². The summed E-state index contributed by atoms with van der Waals surface area (Å²) >= 11 is 1.12. The van der Waals surface area contributed by atoms with Gasteiger partial charge in [0.1, 0.15) is 16.7 Å². The van der Waals surface area contributed by atoms with E-state index < -0.39 is 5.97 Å². The van der Waals surface area contributed by atoms with E-state index in [1.165, 1.54) is 18.2 Å². The molecule has 1 aromatic heterocycles. The van der Waals surface area contributed by atoms with Crippen LogP contribution < -0.4 is 0 Å². The van der Waals surface area contributed by atoms with Crippen LogP contribution in [-0.2, 0) is 0 Å². The maximum Gasteiger partial charge on any atom is 0.345 e. The van der Waals surface area contributed by atoms with Gasteiger partial charge in [0.2, 0.25) is 0 Å². The fraction of sp³-hybridized carbons (Fsp3) is 0. The van der Waals surface area contributed by atoms with Crippen LogP contribution in [-0.4, -0.2) is 16.2 Å². The zero-order chi connectivity index (χ0) is 12.4. The molecule has 0 amide bonds. The number of hydrogen-bond donors (Lipinski definition) is 2. The summed E-state index contributed by atoms with van der Waals surface area (Å²) < 4.78 is 0. The molecule has 0 aliphatic carbocycles. The molecule has 0 saturated carbocycles. The van der Waals surface area contributed by atoms with Crippen LogP contribution in [0.15, 0.2) is 29.6 Å². The number of carbonyl (C=O) groups is 1. The van der Waals surface area contributed by atoms with Gasteiger partial charge < -0.3 is 10.2 Å². The first-order chi connectivity index (χ1) is 8.11. The average molecular weight is 245 g/mol. The zero-order valence-corrected chi connectivity index (χ0v) is 9.36. The van der Waals surface area contributed by atoms with Gasteiger partial charge in [0.25, 0.3) is 0 Å². The number of carboxylic acid groups (broad SMARTS) is 1. The smallest absolute Gasteiger partial charge is 0.345 e. The zero-order valence-electron chi connectivity index (χ0n) is 8.54. The Morgan fingerprint density at radius 3 is 2.59 bits per heavy atom. The lowest BCUT2D eigenvalue weighted by Crippen LogP contribution is -1.90. The molecule has 2 N–H and O–H groups in total. The van der Waals surface area contributed by atoms with Crippen LogP contribution in [0.1, 0.15) is 15.2 Å². The number of phenols is 1. The van der Waals surface area contributed by atoms with Crippen LogP contribution in [0.2, 0.25) is 0 Å². The second kappa shape index (κ2) is 4.28. The van der Waals surface area contributed by atoms with E-state index in [-0.39, 0.29) is 16.2 Å². The van der Waals surface area contributed by atoms with Gasteiger partial charge in [0, 0.05) is 0 Å². The van der Waals surface area contributed by atoms with Crippen LogP contribution in [0.5, 0.6) is 5.75 Å². The number of phenolic OH excluding ortho intramolecular Hbond substituents is 1. The van der Waals surface area contributed by atoms with Crippen molar-refractivity contribution in [3.05, 3.63) is 40.1 Å². The number of aromatic carboxylic acids is 1. The normalized spacial score (nSPS) is 9.82. The largest absolute Gasteiger partial charge is 0.507 e. The number of aromatic hydroxyl groups is 1. The minimum Gasteiger partial charge on any atom is -0.507 e. The minimum atomic E-state index is -0.973. The number of nitriles is 1. The number of benzene rings is 1. The maximum absolute atomic E-state index is 10.7. The van der Waals surface area contributed by atoms with Crippen molar-refractivity contribution in [2.24, 2.45) is 0 Å². The molecule has 2 rings (SSSR count). The fourth-order valence-corrected chi connectivity index (χ4v) is 2.16. The fourth-order valence-electron chi connectivity index (χ4n) is 1.41. The van der Waals surface area contributed by atoms with E-state index >= 15 is 0 Å². The van der Waals surface area contributed by atoms with Crippen LogP contribution >= 0.6 is 11.3 Å². The second-order valence-electron chi connectivity index (χ2n) is 3.35. The van der Waals surface area contributed by atoms with Crippen molar-refractivity contribution in [1.29, 1.82) is 5.26 Å². The maximum atomic E-state index is 10.7. The van der Waals surface area contributed by atoms with Crippen molar-refractivity contribution in [2.75, 3.05) is 0 Å². The third kappa shape index (κ3) is 2.12. The summed E-state index contributed by atoms with van der Waals surface area (Å²) in [5.41, 5.74) is 1.60. The highest BCUT2D eigenvalue weighted by Gasteiger charge is 2.09. The summed E-state index contributed by atoms with van der Waals surface area (Å²) in [5, 5.41) is 28.7. The van der Waals surface area contributed by atoms with Gasteiger partial charge in [0.05, 0.1) is 5.56 Å². The molecule has 17 heavy (non-hydrogen) atoms. The summed E-state index contributed by atoms with van der Waals surface area (Å²) in [5.74, 6) is -1.08. The summed E-state index contributed by atoms with van der Waals surface area (Å²) in [7, 11) is 0.